The van der Waals surface area contributed by atoms with Crippen LogP contribution in [0.5, 0.6) is 5.75 Å². The lowest BCUT2D eigenvalue weighted by atomic mass is 10.1. The Morgan fingerprint density at radius 1 is 1.17 bits per heavy atom. The highest BCUT2D eigenvalue weighted by molar-refractivity contribution is 9.10. The van der Waals surface area contributed by atoms with Crippen LogP contribution in [0.3, 0.4) is 0 Å². The van der Waals surface area contributed by atoms with Crippen molar-refractivity contribution < 1.29 is 14.3 Å². The number of rotatable bonds is 9. The normalized spacial score (nSPS) is 12.7. The number of carbonyl (C=O) groups excluding carboxylic acids is 2. The van der Waals surface area contributed by atoms with E-state index in [1.807, 2.05) is 38.1 Å². The van der Waals surface area contributed by atoms with Gasteiger partial charge < -0.3 is 15.0 Å². The SMILES string of the molecule is CC[C@@H](C)NC(=O)[C@@H](C)N(Cc1ccc(Br)cc1)C(=O)COc1cccc(Cl)c1. The molecule has 0 bridgehead atoms. The molecule has 0 spiro atoms. The fourth-order valence-electron chi connectivity index (χ4n) is 2.62. The number of amides is 2. The van der Waals surface area contributed by atoms with Crippen LogP contribution < -0.4 is 10.1 Å². The van der Waals surface area contributed by atoms with Gasteiger partial charge in [0.25, 0.3) is 5.91 Å². The summed E-state index contributed by atoms with van der Waals surface area (Å²) < 4.78 is 6.55. The maximum absolute atomic E-state index is 13.0. The number of benzene rings is 2. The van der Waals surface area contributed by atoms with E-state index in [9.17, 15) is 9.59 Å². The highest BCUT2D eigenvalue weighted by Gasteiger charge is 2.27. The van der Waals surface area contributed by atoms with E-state index >= 15 is 0 Å². The smallest absolute Gasteiger partial charge is 0.261 e. The molecule has 156 valence electrons. The lowest BCUT2D eigenvalue weighted by Crippen LogP contribution is -2.50. The minimum Gasteiger partial charge on any atom is -0.484 e. The molecule has 5 nitrogen and oxygen atoms in total. The highest BCUT2D eigenvalue weighted by Crippen LogP contribution is 2.18. The number of carbonyl (C=O) groups is 2. The van der Waals surface area contributed by atoms with E-state index in [-0.39, 0.29) is 24.5 Å². The third-order valence-electron chi connectivity index (χ3n) is 4.59. The molecular formula is C22H26BrClN2O3. The van der Waals surface area contributed by atoms with Crippen molar-refractivity contribution in [2.75, 3.05) is 6.61 Å². The van der Waals surface area contributed by atoms with Crippen molar-refractivity contribution >= 4 is 39.3 Å². The molecule has 0 unspecified atom stereocenters. The van der Waals surface area contributed by atoms with Gasteiger partial charge in [-0.25, -0.2) is 0 Å². The molecule has 0 fully saturated rings. The summed E-state index contributed by atoms with van der Waals surface area (Å²) in [5, 5.41) is 3.47. The van der Waals surface area contributed by atoms with Gasteiger partial charge in [-0.15, -0.1) is 0 Å². The second kappa shape index (κ2) is 11.2. The summed E-state index contributed by atoms with van der Waals surface area (Å²) in [7, 11) is 0. The molecular weight excluding hydrogens is 456 g/mol. The Balaban J connectivity index is 2.14. The average Bonchev–Trinajstić information content (AvgIpc) is 2.71. The summed E-state index contributed by atoms with van der Waals surface area (Å²) >= 11 is 9.37. The van der Waals surface area contributed by atoms with Gasteiger partial charge in [0.05, 0.1) is 0 Å². The summed E-state index contributed by atoms with van der Waals surface area (Å²) in [6, 6.07) is 13.9. The van der Waals surface area contributed by atoms with Crippen LogP contribution in [0.25, 0.3) is 0 Å². The standard InChI is InChI=1S/C22H26BrClN2O3/c1-4-15(2)25-22(28)16(3)26(13-17-8-10-18(23)11-9-17)21(27)14-29-20-7-5-6-19(24)12-20/h5-12,15-16H,4,13-14H2,1-3H3,(H,25,28)/t15-,16-/m1/s1. The predicted octanol–water partition coefficient (Wildman–Crippen LogP) is 4.81. The summed E-state index contributed by atoms with van der Waals surface area (Å²) in [5.41, 5.74) is 0.924. The lowest BCUT2D eigenvalue weighted by Gasteiger charge is -2.29. The van der Waals surface area contributed by atoms with Gasteiger partial charge in [0.15, 0.2) is 6.61 Å². The van der Waals surface area contributed by atoms with Crippen molar-refractivity contribution in [2.24, 2.45) is 0 Å². The molecule has 0 saturated carbocycles. The third-order valence-corrected chi connectivity index (χ3v) is 5.36. The summed E-state index contributed by atoms with van der Waals surface area (Å²) in [5.74, 6) is 0.0402. The fraction of sp³-hybridized carbons (Fsp3) is 0.364. The van der Waals surface area contributed by atoms with E-state index in [1.165, 1.54) is 4.90 Å². The van der Waals surface area contributed by atoms with Crippen LogP contribution in [0, 0.1) is 0 Å². The molecule has 1 N–H and O–H groups in total. The van der Waals surface area contributed by atoms with E-state index in [2.05, 4.69) is 21.2 Å². The van der Waals surface area contributed by atoms with Gasteiger partial charge in [-0.05, 0) is 56.2 Å². The Labute approximate surface area is 185 Å². The van der Waals surface area contributed by atoms with Gasteiger partial charge in [-0.3, -0.25) is 9.59 Å². The molecule has 0 aliphatic carbocycles. The van der Waals surface area contributed by atoms with E-state index in [1.54, 1.807) is 31.2 Å². The Bertz CT molecular complexity index is 829. The molecule has 2 amide bonds. The Hall–Kier alpha value is -2.05. The number of hydrogen-bond acceptors (Lipinski definition) is 3. The molecule has 0 aliphatic rings. The molecule has 0 heterocycles. The predicted molar refractivity (Wildman–Crippen MR) is 119 cm³/mol. The number of nitrogens with one attached hydrogen (secondary N) is 1. The van der Waals surface area contributed by atoms with Crippen molar-refractivity contribution in [3.05, 3.63) is 63.6 Å². The van der Waals surface area contributed by atoms with Crippen molar-refractivity contribution in [3.63, 3.8) is 0 Å². The number of hydrogen-bond donors (Lipinski definition) is 1. The fourth-order valence-corrected chi connectivity index (χ4v) is 3.06. The molecule has 2 aromatic rings. The quantitative estimate of drug-likeness (QED) is 0.559. The molecule has 2 atom stereocenters. The van der Waals surface area contributed by atoms with Gasteiger partial charge in [0, 0.05) is 22.1 Å². The molecule has 7 heteroatoms. The van der Waals surface area contributed by atoms with E-state index in [0.29, 0.717) is 17.3 Å². The number of halogens is 2. The van der Waals surface area contributed by atoms with E-state index < -0.39 is 6.04 Å². The van der Waals surface area contributed by atoms with Crippen molar-refractivity contribution in [1.29, 1.82) is 0 Å². The van der Waals surface area contributed by atoms with Crippen LogP contribution in [0.4, 0.5) is 0 Å². The molecule has 0 aromatic heterocycles. The first kappa shape index (κ1) is 23.2. The van der Waals surface area contributed by atoms with Crippen LogP contribution in [-0.4, -0.2) is 35.4 Å². The van der Waals surface area contributed by atoms with Gasteiger partial charge >= 0.3 is 0 Å². The molecule has 2 rings (SSSR count). The van der Waals surface area contributed by atoms with Crippen LogP contribution in [0.15, 0.2) is 53.0 Å². The first-order chi connectivity index (χ1) is 13.8. The zero-order valence-electron chi connectivity index (χ0n) is 16.8. The van der Waals surface area contributed by atoms with Crippen LogP contribution in [-0.2, 0) is 16.1 Å². The first-order valence-corrected chi connectivity index (χ1v) is 10.7. The molecule has 0 aliphatic heterocycles. The van der Waals surface area contributed by atoms with E-state index in [4.69, 9.17) is 16.3 Å². The maximum Gasteiger partial charge on any atom is 0.261 e. The van der Waals surface area contributed by atoms with Gasteiger partial charge in [-0.1, -0.05) is 52.7 Å². The minimum atomic E-state index is -0.636. The Morgan fingerprint density at radius 2 is 1.86 bits per heavy atom. The Morgan fingerprint density at radius 3 is 2.48 bits per heavy atom. The molecule has 0 radical (unpaired) electrons. The van der Waals surface area contributed by atoms with Crippen molar-refractivity contribution in [1.82, 2.24) is 10.2 Å². The molecule has 0 saturated heterocycles. The molecule has 29 heavy (non-hydrogen) atoms. The largest absolute Gasteiger partial charge is 0.484 e. The second-order valence-electron chi connectivity index (χ2n) is 6.89. The van der Waals surface area contributed by atoms with Gasteiger partial charge in [-0.2, -0.15) is 0 Å². The zero-order valence-corrected chi connectivity index (χ0v) is 19.2. The molecule has 2 aromatic carbocycles. The minimum absolute atomic E-state index is 0.0392. The van der Waals surface area contributed by atoms with Crippen molar-refractivity contribution in [2.45, 2.75) is 45.8 Å². The summed E-state index contributed by atoms with van der Waals surface area (Å²) in [6.45, 7) is 5.79. The van der Waals surface area contributed by atoms with Crippen LogP contribution in [0.1, 0.15) is 32.8 Å². The maximum atomic E-state index is 13.0. The Kier molecular flexibility index (Phi) is 8.99. The lowest BCUT2D eigenvalue weighted by molar-refractivity contribution is -0.142. The van der Waals surface area contributed by atoms with Crippen molar-refractivity contribution in [3.8, 4) is 5.75 Å². The summed E-state index contributed by atoms with van der Waals surface area (Å²) in [6.07, 6.45) is 0.816. The first-order valence-electron chi connectivity index (χ1n) is 9.52. The van der Waals surface area contributed by atoms with Crippen LogP contribution >= 0.6 is 27.5 Å². The summed E-state index contributed by atoms with van der Waals surface area (Å²) in [4.78, 5) is 27.1. The zero-order chi connectivity index (χ0) is 21.4. The average molecular weight is 482 g/mol. The third kappa shape index (κ3) is 7.37. The monoisotopic (exact) mass is 480 g/mol. The number of ether oxygens (including phenoxy) is 1. The second-order valence-corrected chi connectivity index (χ2v) is 8.24. The topological polar surface area (TPSA) is 58.6 Å². The number of nitrogens with zero attached hydrogens (tertiary/aromatic N) is 1. The highest BCUT2D eigenvalue weighted by atomic mass is 79.9. The van der Waals surface area contributed by atoms with E-state index in [0.717, 1.165) is 16.5 Å². The van der Waals surface area contributed by atoms with Gasteiger partial charge in [0.1, 0.15) is 11.8 Å². The van der Waals surface area contributed by atoms with Gasteiger partial charge in [0.2, 0.25) is 5.91 Å². The van der Waals surface area contributed by atoms with Crippen LogP contribution in [0.2, 0.25) is 5.02 Å².